The first kappa shape index (κ1) is 15.2. The van der Waals surface area contributed by atoms with Gasteiger partial charge in [0.1, 0.15) is 12.4 Å². The highest BCUT2D eigenvalue weighted by Crippen LogP contribution is 2.22. The third-order valence-electron chi connectivity index (χ3n) is 3.53. The first-order chi connectivity index (χ1) is 10.1. The summed E-state index contributed by atoms with van der Waals surface area (Å²) in [5.41, 5.74) is 11.2. The van der Waals surface area contributed by atoms with Gasteiger partial charge in [0.2, 0.25) is 0 Å². The Morgan fingerprint density at radius 2 is 1.71 bits per heavy atom. The van der Waals surface area contributed by atoms with Crippen molar-refractivity contribution in [1.29, 1.82) is 0 Å². The molecule has 0 amide bonds. The Balaban J connectivity index is 2.14. The summed E-state index contributed by atoms with van der Waals surface area (Å²) in [7, 11) is 0. The van der Waals surface area contributed by atoms with Gasteiger partial charge in [0.05, 0.1) is 6.54 Å². The fourth-order valence-corrected chi connectivity index (χ4v) is 2.27. The van der Waals surface area contributed by atoms with Gasteiger partial charge >= 0.3 is 0 Å². The molecule has 2 aromatic carbocycles. The minimum atomic E-state index is 0.379. The monoisotopic (exact) mass is 279 g/mol. The Morgan fingerprint density at radius 1 is 1.00 bits per heavy atom. The van der Waals surface area contributed by atoms with Crippen molar-refractivity contribution in [2.45, 2.75) is 27.4 Å². The van der Waals surface area contributed by atoms with E-state index in [9.17, 15) is 0 Å². The second kappa shape index (κ2) is 6.97. The van der Waals surface area contributed by atoms with Gasteiger partial charge in [-0.1, -0.05) is 30.0 Å². The number of ether oxygens (including phenoxy) is 1. The second-order valence-electron chi connectivity index (χ2n) is 5.15. The van der Waals surface area contributed by atoms with Gasteiger partial charge in [0.15, 0.2) is 0 Å². The van der Waals surface area contributed by atoms with Crippen LogP contribution in [0.4, 0.5) is 0 Å². The topological polar surface area (TPSA) is 35.2 Å². The van der Waals surface area contributed by atoms with E-state index in [0.29, 0.717) is 13.2 Å². The molecular formula is C19H21NO. The predicted molar refractivity (Wildman–Crippen MR) is 87.4 cm³/mol. The van der Waals surface area contributed by atoms with Crippen molar-refractivity contribution in [3.8, 4) is 17.6 Å². The number of aryl methyl sites for hydroxylation is 3. The summed E-state index contributed by atoms with van der Waals surface area (Å²) in [4.78, 5) is 0. The van der Waals surface area contributed by atoms with Gasteiger partial charge in [0, 0.05) is 5.56 Å². The SMILES string of the molecule is Cc1cc(C#CCN)ccc1OCc1c(C)cccc1C. The van der Waals surface area contributed by atoms with Gasteiger partial charge < -0.3 is 10.5 Å². The van der Waals surface area contributed by atoms with Crippen LogP contribution in [-0.2, 0) is 6.61 Å². The second-order valence-corrected chi connectivity index (χ2v) is 5.15. The summed E-state index contributed by atoms with van der Waals surface area (Å²) in [6.07, 6.45) is 0. The zero-order chi connectivity index (χ0) is 15.2. The normalized spacial score (nSPS) is 9.90. The van der Waals surface area contributed by atoms with Crippen LogP contribution in [0.5, 0.6) is 5.75 Å². The summed E-state index contributed by atoms with van der Waals surface area (Å²) in [5, 5.41) is 0. The van der Waals surface area contributed by atoms with Crippen molar-refractivity contribution in [3.05, 3.63) is 64.2 Å². The molecule has 0 aliphatic heterocycles. The number of benzene rings is 2. The van der Waals surface area contributed by atoms with Crippen molar-refractivity contribution >= 4 is 0 Å². The largest absolute Gasteiger partial charge is 0.489 e. The molecular weight excluding hydrogens is 258 g/mol. The molecule has 0 aliphatic carbocycles. The van der Waals surface area contributed by atoms with Crippen LogP contribution in [0.15, 0.2) is 36.4 Å². The Bertz CT molecular complexity index is 672. The molecule has 2 aromatic rings. The van der Waals surface area contributed by atoms with E-state index in [4.69, 9.17) is 10.5 Å². The minimum Gasteiger partial charge on any atom is -0.489 e. The maximum Gasteiger partial charge on any atom is 0.122 e. The molecule has 0 spiro atoms. The van der Waals surface area contributed by atoms with E-state index in [-0.39, 0.29) is 0 Å². The molecule has 108 valence electrons. The van der Waals surface area contributed by atoms with E-state index >= 15 is 0 Å². The Hall–Kier alpha value is -2.24. The van der Waals surface area contributed by atoms with Crippen LogP contribution >= 0.6 is 0 Å². The van der Waals surface area contributed by atoms with Crippen LogP contribution in [0, 0.1) is 32.6 Å². The number of nitrogens with two attached hydrogens (primary N) is 1. The fraction of sp³-hybridized carbons (Fsp3) is 0.263. The molecule has 0 aliphatic rings. The lowest BCUT2D eigenvalue weighted by Gasteiger charge is -2.13. The van der Waals surface area contributed by atoms with Gasteiger partial charge in [-0.05, 0) is 61.2 Å². The van der Waals surface area contributed by atoms with Gasteiger partial charge in [-0.25, -0.2) is 0 Å². The molecule has 0 radical (unpaired) electrons. The summed E-state index contributed by atoms with van der Waals surface area (Å²) < 4.78 is 5.97. The van der Waals surface area contributed by atoms with E-state index in [1.807, 2.05) is 25.1 Å². The summed E-state index contributed by atoms with van der Waals surface area (Å²) in [5.74, 6) is 6.79. The standard InChI is InChI=1S/C19H21NO/c1-14-6-4-7-15(2)18(14)13-21-19-10-9-17(8-5-11-20)12-16(19)3/h4,6-7,9-10,12H,11,13,20H2,1-3H3. The molecule has 0 bridgehead atoms. The molecule has 0 unspecified atom stereocenters. The van der Waals surface area contributed by atoms with Gasteiger partial charge in [-0.2, -0.15) is 0 Å². The minimum absolute atomic E-state index is 0.379. The van der Waals surface area contributed by atoms with Crippen molar-refractivity contribution in [2.24, 2.45) is 5.73 Å². The molecule has 0 fully saturated rings. The van der Waals surface area contributed by atoms with Crippen LogP contribution in [0.3, 0.4) is 0 Å². The van der Waals surface area contributed by atoms with Crippen LogP contribution < -0.4 is 10.5 Å². The van der Waals surface area contributed by atoms with Gasteiger partial charge in [-0.3, -0.25) is 0 Å². The third kappa shape index (κ3) is 3.87. The van der Waals surface area contributed by atoms with Crippen molar-refractivity contribution < 1.29 is 4.74 Å². The molecule has 21 heavy (non-hydrogen) atoms. The van der Waals surface area contributed by atoms with Crippen molar-refractivity contribution in [1.82, 2.24) is 0 Å². The van der Waals surface area contributed by atoms with Crippen LogP contribution in [0.25, 0.3) is 0 Å². The zero-order valence-electron chi connectivity index (χ0n) is 12.9. The van der Waals surface area contributed by atoms with Crippen molar-refractivity contribution in [3.63, 3.8) is 0 Å². The molecule has 0 atom stereocenters. The lowest BCUT2D eigenvalue weighted by Crippen LogP contribution is -2.01. The lowest BCUT2D eigenvalue weighted by atomic mass is 10.0. The smallest absolute Gasteiger partial charge is 0.122 e. The molecule has 0 saturated heterocycles. The summed E-state index contributed by atoms with van der Waals surface area (Å²) >= 11 is 0. The molecule has 2 nitrogen and oxygen atoms in total. The van der Waals surface area contributed by atoms with Crippen LogP contribution in [0.2, 0.25) is 0 Å². The van der Waals surface area contributed by atoms with E-state index < -0.39 is 0 Å². The highest BCUT2D eigenvalue weighted by atomic mass is 16.5. The van der Waals surface area contributed by atoms with Gasteiger partial charge in [0.25, 0.3) is 0 Å². The summed E-state index contributed by atoms with van der Waals surface area (Å²) in [6, 6.07) is 12.3. The van der Waals surface area contributed by atoms with Crippen LogP contribution in [0.1, 0.15) is 27.8 Å². The maximum atomic E-state index is 5.97. The fourth-order valence-electron chi connectivity index (χ4n) is 2.27. The third-order valence-corrected chi connectivity index (χ3v) is 3.53. The number of hydrogen-bond acceptors (Lipinski definition) is 2. The highest BCUT2D eigenvalue weighted by molar-refractivity contribution is 5.44. The lowest BCUT2D eigenvalue weighted by molar-refractivity contribution is 0.302. The molecule has 2 rings (SSSR count). The Morgan fingerprint density at radius 3 is 2.33 bits per heavy atom. The predicted octanol–water partition coefficient (Wildman–Crippen LogP) is 3.50. The first-order valence-corrected chi connectivity index (χ1v) is 7.09. The molecule has 0 heterocycles. The quantitative estimate of drug-likeness (QED) is 0.873. The number of rotatable bonds is 3. The Labute approximate surface area is 126 Å². The first-order valence-electron chi connectivity index (χ1n) is 7.09. The van der Waals surface area contributed by atoms with Crippen LogP contribution in [-0.4, -0.2) is 6.54 Å². The summed E-state index contributed by atoms with van der Waals surface area (Å²) in [6.45, 7) is 7.23. The zero-order valence-corrected chi connectivity index (χ0v) is 12.9. The molecule has 2 N–H and O–H groups in total. The molecule has 0 saturated carbocycles. The average Bonchev–Trinajstić information content (AvgIpc) is 2.46. The van der Waals surface area contributed by atoms with E-state index in [1.165, 1.54) is 16.7 Å². The average molecular weight is 279 g/mol. The van der Waals surface area contributed by atoms with Crippen molar-refractivity contribution in [2.75, 3.05) is 6.54 Å². The highest BCUT2D eigenvalue weighted by Gasteiger charge is 2.05. The van der Waals surface area contributed by atoms with E-state index in [1.54, 1.807) is 0 Å². The van der Waals surface area contributed by atoms with E-state index in [2.05, 4.69) is 43.9 Å². The van der Waals surface area contributed by atoms with Gasteiger partial charge in [-0.15, -0.1) is 0 Å². The number of hydrogen-bond donors (Lipinski definition) is 1. The van der Waals surface area contributed by atoms with E-state index in [0.717, 1.165) is 16.9 Å². The molecule has 2 heteroatoms. The Kier molecular flexibility index (Phi) is 5.03. The maximum absolute atomic E-state index is 5.97. The molecule has 0 aromatic heterocycles.